The number of nitrogens with zero attached hydrogens (tertiary/aromatic N) is 1. The second kappa shape index (κ2) is 11.3. The zero-order chi connectivity index (χ0) is 23.9. The topological polar surface area (TPSA) is 55.8 Å². The van der Waals surface area contributed by atoms with E-state index in [4.69, 9.17) is 21.1 Å². The van der Waals surface area contributed by atoms with Crippen molar-refractivity contribution in [3.05, 3.63) is 99.4 Å². The molecule has 3 aromatic carbocycles. The molecule has 0 aromatic heterocycles. The zero-order valence-electron chi connectivity index (χ0n) is 18.7. The molecule has 1 fully saturated rings. The number of ether oxygens (including phenoxy) is 2. The molecule has 0 N–H and O–H groups in total. The third kappa shape index (κ3) is 6.01. The number of benzene rings is 3. The van der Waals surface area contributed by atoms with Gasteiger partial charge in [0.1, 0.15) is 6.61 Å². The van der Waals surface area contributed by atoms with Crippen LogP contribution in [0.5, 0.6) is 11.5 Å². The van der Waals surface area contributed by atoms with Crippen LogP contribution in [0.4, 0.5) is 4.79 Å². The normalized spacial score (nSPS) is 14.6. The molecule has 5 nitrogen and oxygen atoms in total. The predicted molar refractivity (Wildman–Crippen MR) is 136 cm³/mol. The fourth-order valence-electron chi connectivity index (χ4n) is 3.52. The van der Waals surface area contributed by atoms with Crippen molar-refractivity contribution in [2.75, 3.05) is 13.2 Å². The first-order valence-electron chi connectivity index (χ1n) is 11.0. The minimum absolute atomic E-state index is 0.251. The molecule has 1 aliphatic heterocycles. The summed E-state index contributed by atoms with van der Waals surface area (Å²) in [6.45, 7) is 3.06. The van der Waals surface area contributed by atoms with Crippen LogP contribution < -0.4 is 9.47 Å². The standard InChI is InChI=1S/C27H24ClNO4S/c1-2-32-24-16-20(11-12-23(24)33-18-21-9-6-10-22(28)15-21)17-25-26(30)29(27(31)34-25)14-13-19-7-4-3-5-8-19/h3-12,15-17H,2,13-14,18H2,1H3/b25-17-. The molecule has 0 bridgehead atoms. The molecule has 0 saturated carbocycles. The van der Waals surface area contributed by atoms with Crippen molar-refractivity contribution in [3.63, 3.8) is 0 Å². The Morgan fingerprint density at radius 2 is 1.71 bits per heavy atom. The van der Waals surface area contributed by atoms with E-state index >= 15 is 0 Å². The lowest BCUT2D eigenvalue weighted by atomic mass is 10.1. The number of hydrogen-bond donors (Lipinski definition) is 0. The van der Waals surface area contributed by atoms with E-state index in [1.54, 1.807) is 12.1 Å². The third-order valence-corrected chi connectivity index (χ3v) is 6.33. The van der Waals surface area contributed by atoms with E-state index in [9.17, 15) is 9.59 Å². The third-order valence-electron chi connectivity index (χ3n) is 5.19. The molecule has 7 heteroatoms. The predicted octanol–water partition coefficient (Wildman–Crippen LogP) is 6.60. The molecule has 3 aromatic rings. The molecule has 174 valence electrons. The molecule has 0 spiro atoms. The second-order valence-corrected chi connectivity index (χ2v) is 9.06. The smallest absolute Gasteiger partial charge is 0.293 e. The molecule has 4 rings (SSSR count). The quantitative estimate of drug-likeness (QED) is 0.314. The van der Waals surface area contributed by atoms with Gasteiger partial charge in [0.05, 0.1) is 11.5 Å². The monoisotopic (exact) mass is 493 g/mol. The highest BCUT2D eigenvalue weighted by atomic mass is 35.5. The van der Waals surface area contributed by atoms with Gasteiger partial charge in [0.2, 0.25) is 0 Å². The van der Waals surface area contributed by atoms with Gasteiger partial charge in [0.15, 0.2) is 11.5 Å². The second-order valence-electron chi connectivity index (χ2n) is 7.63. The van der Waals surface area contributed by atoms with Crippen molar-refractivity contribution >= 4 is 40.6 Å². The van der Waals surface area contributed by atoms with E-state index in [1.807, 2.05) is 73.7 Å². The number of rotatable bonds is 9. The molecule has 34 heavy (non-hydrogen) atoms. The molecule has 1 heterocycles. The summed E-state index contributed by atoms with van der Waals surface area (Å²) in [7, 11) is 0. The summed E-state index contributed by atoms with van der Waals surface area (Å²) in [5.74, 6) is 0.890. The minimum Gasteiger partial charge on any atom is -0.490 e. The van der Waals surface area contributed by atoms with Crippen molar-refractivity contribution < 1.29 is 19.1 Å². The van der Waals surface area contributed by atoms with Gasteiger partial charge in [-0.25, -0.2) is 0 Å². The number of thioether (sulfide) groups is 1. The fraction of sp³-hybridized carbons (Fsp3) is 0.185. The van der Waals surface area contributed by atoms with Crippen LogP contribution in [0.2, 0.25) is 5.02 Å². The van der Waals surface area contributed by atoms with Crippen molar-refractivity contribution in [2.45, 2.75) is 20.0 Å². The summed E-state index contributed by atoms with van der Waals surface area (Å²) in [6, 6.07) is 22.7. The Morgan fingerprint density at radius 3 is 2.47 bits per heavy atom. The van der Waals surface area contributed by atoms with Crippen LogP contribution >= 0.6 is 23.4 Å². The van der Waals surface area contributed by atoms with Gasteiger partial charge in [-0.2, -0.15) is 0 Å². The lowest BCUT2D eigenvalue weighted by molar-refractivity contribution is -0.122. The summed E-state index contributed by atoms with van der Waals surface area (Å²) < 4.78 is 11.7. The molecule has 2 amide bonds. The van der Waals surface area contributed by atoms with E-state index in [0.717, 1.165) is 28.5 Å². The number of hydrogen-bond acceptors (Lipinski definition) is 5. The molecule has 1 aliphatic rings. The number of imide groups is 1. The van der Waals surface area contributed by atoms with Crippen molar-refractivity contribution in [1.29, 1.82) is 0 Å². The highest BCUT2D eigenvalue weighted by molar-refractivity contribution is 8.18. The van der Waals surface area contributed by atoms with Gasteiger partial charge >= 0.3 is 0 Å². The van der Waals surface area contributed by atoms with E-state index < -0.39 is 0 Å². The molecule has 0 radical (unpaired) electrons. The van der Waals surface area contributed by atoms with E-state index in [1.165, 1.54) is 4.90 Å². The highest BCUT2D eigenvalue weighted by Gasteiger charge is 2.34. The number of amides is 2. The van der Waals surface area contributed by atoms with Crippen LogP contribution in [-0.4, -0.2) is 29.2 Å². The first-order valence-corrected chi connectivity index (χ1v) is 12.2. The number of carbonyl (C=O) groups excluding carboxylic acids is 2. The number of carbonyl (C=O) groups is 2. The molecular weight excluding hydrogens is 470 g/mol. The van der Waals surface area contributed by atoms with E-state index in [-0.39, 0.29) is 11.1 Å². The maximum Gasteiger partial charge on any atom is 0.293 e. The van der Waals surface area contributed by atoms with Crippen molar-refractivity contribution in [1.82, 2.24) is 4.90 Å². The summed E-state index contributed by atoms with van der Waals surface area (Å²) in [5.41, 5.74) is 2.79. The van der Waals surface area contributed by atoms with Gasteiger partial charge in [0, 0.05) is 11.6 Å². The Hall–Kier alpha value is -3.22. The van der Waals surface area contributed by atoms with Crippen LogP contribution in [-0.2, 0) is 17.8 Å². The van der Waals surface area contributed by atoms with Gasteiger partial charge in [0.25, 0.3) is 11.1 Å². The molecular formula is C27H24ClNO4S. The maximum atomic E-state index is 12.9. The molecule has 0 aliphatic carbocycles. The Bertz CT molecular complexity index is 1210. The average Bonchev–Trinajstić information content (AvgIpc) is 3.10. The van der Waals surface area contributed by atoms with Gasteiger partial charge in [-0.1, -0.05) is 60.1 Å². The SMILES string of the molecule is CCOc1cc(/C=C2\SC(=O)N(CCc3ccccc3)C2=O)ccc1OCc1cccc(Cl)c1. The Morgan fingerprint density at radius 1 is 0.912 bits per heavy atom. The van der Waals surface area contributed by atoms with Gasteiger partial charge in [-0.05, 0) is 72.1 Å². The highest BCUT2D eigenvalue weighted by Crippen LogP contribution is 2.35. The van der Waals surface area contributed by atoms with Crippen LogP contribution in [0, 0.1) is 0 Å². The first-order chi connectivity index (χ1) is 16.5. The summed E-state index contributed by atoms with van der Waals surface area (Å²) in [6.07, 6.45) is 2.34. The van der Waals surface area contributed by atoms with Gasteiger partial charge in [-0.15, -0.1) is 0 Å². The average molecular weight is 494 g/mol. The van der Waals surface area contributed by atoms with Crippen LogP contribution in [0.25, 0.3) is 6.08 Å². The summed E-state index contributed by atoms with van der Waals surface area (Å²) >= 11 is 7.01. The molecule has 0 atom stereocenters. The summed E-state index contributed by atoms with van der Waals surface area (Å²) in [4.78, 5) is 27.0. The lowest BCUT2D eigenvalue weighted by Crippen LogP contribution is -2.30. The van der Waals surface area contributed by atoms with Crippen molar-refractivity contribution in [2.24, 2.45) is 0 Å². The Labute approximate surface area is 208 Å². The largest absolute Gasteiger partial charge is 0.490 e. The molecule has 1 saturated heterocycles. The van der Waals surface area contributed by atoms with E-state index in [0.29, 0.717) is 47.6 Å². The Balaban J connectivity index is 1.46. The van der Waals surface area contributed by atoms with E-state index in [2.05, 4.69) is 0 Å². The fourth-order valence-corrected chi connectivity index (χ4v) is 4.60. The van der Waals surface area contributed by atoms with Gasteiger partial charge in [-0.3, -0.25) is 14.5 Å². The lowest BCUT2D eigenvalue weighted by Gasteiger charge is -2.13. The zero-order valence-corrected chi connectivity index (χ0v) is 20.3. The summed E-state index contributed by atoms with van der Waals surface area (Å²) in [5, 5.41) is 0.401. The first kappa shape index (κ1) is 23.9. The van der Waals surface area contributed by atoms with Gasteiger partial charge < -0.3 is 9.47 Å². The minimum atomic E-state index is -0.273. The van der Waals surface area contributed by atoms with Crippen LogP contribution in [0.15, 0.2) is 77.7 Å². The van der Waals surface area contributed by atoms with Crippen LogP contribution in [0.3, 0.4) is 0 Å². The number of halogens is 1. The van der Waals surface area contributed by atoms with Crippen LogP contribution in [0.1, 0.15) is 23.6 Å². The molecule has 0 unspecified atom stereocenters. The van der Waals surface area contributed by atoms with Crippen molar-refractivity contribution in [3.8, 4) is 11.5 Å². The maximum absolute atomic E-state index is 12.9. The Kier molecular flexibility index (Phi) is 7.93.